The topological polar surface area (TPSA) is 71.1 Å². The maximum Gasteiger partial charge on any atom is 0.254 e. The average molecular weight is 336 g/mol. The van der Waals surface area contributed by atoms with Crippen molar-refractivity contribution in [3.63, 3.8) is 0 Å². The molecule has 3 heterocycles. The minimum Gasteiger partial charge on any atom is -0.383 e. The normalized spacial score (nSPS) is 17.3. The van der Waals surface area contributed by atoms with Crippen molar-refractivity contribution in [2.24, 2.45) is 0 Å². The lowest BCUT2D eigenvalue weighted by atomic mass is 10.1. The van der Waals surface area contributed by atoms with Crippen LogP contribution in [0.2, 0.25) is 0 Å². The third-order valence-corrected chi connectivity index (χ3v) is 4.76. The van der Waals surface area contributed by atoms with Crippen molar-refractivity contribution in [3.05, 3.63) is 48.4 Å². The van der Waals surface area contributed by atoms with Crippen LogP contribution >= 0.6 is 0 Å². The summed E-state index contributed by atoms with van der Waals surface area (Å²) in [5, 5.41) is 0.973. The number of carbonyl (C=O) groups excluding carboxylic acids is 1. The molecule has 0 spiro atoms. The van der Waals surface area contributed by atoms with Crippen molar-refractivity contribution in [1.29, 1.82) is 0 Å². The largest absolute Gasteiger partial charge is 0.383 e. The summed E-state index contributed by atoms with van der Waals surface area (Å²) in [5.74, 6) is 0.0700. The standard InChI is InChI=1S/C19H20N4O2/c1-25-11-15-3-2-10-23(15)19(24)14-6-4-13(5-7-14)17-16-8-9-20-18(16)22-12-21-17/h4-9,12,15H,2-3,10-11H2,1H3,(H,20,21,22)/t15-/m0/s1. The van der Waals surface area contributed by atoms with Gasteiger partial charge in [-0.25, -0.2) is 9.97 Å². The summed E-state index contributed by atoms with van der Waals surface area (Å²) >= 11 is 0. The molecule has 0 aliphatic carbocycles. The Hall–Kier alpha value is -2.73. The van der Waals surface area contributed by atoms with Crippen molar-refractivity contribution in [3.8, 4) is 11.3 Å². The second kappa shape index (κ2) is 6.64. The van der Waals surface area contributed by atoms with Crippen LogP contribution in [-0.2, 0) is 4.74 Å². The van der Waals surface area contributed by atoms with Gasteiger partial charge in [0.2, 0.25) is 0 Å². The molecule has 6 nitrogen and oxygen atoms in total. The van der Waals surface area contributed by atoms with E-state index in [1.54, 1.807) is 13.4 Å². The number of nitrogens with one attached hydrogen (secondary N) is 1. The number of fused-ring (bicyclic) bond motifs is 1. The summed E-state index contributed by atoms with van der Waals surface area (Å²) in [7, 11) is 1.68. The van der Waals surface area contributed by atoms with Crippen molar-refractivity contribution in [1.82, 2.24) is 19.9 Å². The molecular weight excluding hydrogens is 316 g/mol. The lowest BCUT2D eigenvalue weighted by Crippen LogP contribution is -2.38. The Morgan fingerprint density at radius 1 is 1.28 bits per heavy atom. The van der Waals surface area contributed by atoms with Gasteiger partial charge in [-0.05, 0) is 31.0 Å². The number of methoxy groups -OCH3 is 1. The van der Waals surface area contributed by atoms with Crippen LogP contribution in [0.5, 0.6) is 0 Å². The molecule has 4 rings (SSSR count). The van der Waals surface area contributed by atoms with Gasteiger partial charge in [0.05, 0.1) is 18.3 Å². The van der Waals surface area contributed by atoms with Gasteiger partial charge in [-0.2, -0.15) is 0 Å². The van der Waals surface area contributed by atoms with Crippen LogP contribution in [0.4, 0.5) is 0 Å². The van der Waals surface area contributed by atoms with Gasteiger partial charge in [-0.15, -0.1) is 0 Å². The zero-order chi connectivity index (χ0) is 17.2. The van der Waals surface area contributed by atoms with E-state index in [1.165, 1.54) is 0 Å². The third-order valence-electron chi connectivity index (χ3n) is 4.76. The molecule has 1 N–H and O–H groups in total. The van der Waals surface area contributed by atoms with Gasteiger partial charge in [-0.3, -0.25) is 4.79 Å². The lowest BCUT2D eigenvalue weighted by molar-refractivity contribution is 0.0630. The summed E-state index contributed by atoms with van der Waals surface area (Å²) in [6.45, 7) is 1.39. The minimum absolute atomic E-state index is 0.0700. The number of ether oxygens (including phenoxy) is 1. The molecule has 1 aromatic carbocycles. The van der Waals surface area contributed by atoms with Gasteiger partial charge in [0.15, 0.2) is 0 Å². The van der Waals surface area contributed by atoms with Gasteiger partial charge < -0.3 is 14.6 Å². The minimum atomic E-state index is 0.0700. The Morgan fingerprint density at radius 3 is 2.92 bits per heavy atom. The molecule has 0 saturated carbocycles. The van der Waals surface area contributed by atoms with Crippen molar-refractivity contribution >= 4 is 16.9 Å². The molecule has 0 bridgehead atoms. The Labute approximate surface area is 145 Å². The van der Waals surface area contributed by atoms with E-state index in [9.17, 15) is 4.79 Å². The van der Waals surface area contributed by atoms with E-state index in [1.807, 2.05) is 41.4 Å². The zero-order valence-corrected chi connectivity index (χ0v) is 14.1. The van der Waals surface area contributed by atoms with Crippen LogP contribution in [0.3, 0.4) is 0 Å². The molecular formula is C19H20N4O2. The lowest BCUT2D eigenvalue weighted by Gasteiger charge is -2.24. The molecule has 128 valence electrons. The highest BCUT2D eigenvalue weighted by molar-refractivity contribution is 5.96. The molecule has 1 aliphatic rings. The third kappa shape index (κ3) is 2.89. The first-order chi connectivity index (χ1) is 12.3. The molecule has 1 aliphatic heterocycles. The van der Waals surface area contributed by atoms with Crippen LogP contribution in [0.25, 0.3) is 22.3 Å². The average Bonchev–Trinajstić information content (AvgIpc) is 3.30. The van der Waals surface area contributed by atoms with E-state index in [4.69, 9.17) is 4.74 Å². The maximum atomic E-state index is 12.8. The van der Waals surface area contributed by atoms with Gasteiger partial charge >= 0.3 is 0 Å². The first kappa shape index (κ1) is 15.8. The van der Waals surface area contributed by atoms with Crippen LogP contribution in [0.15, 0.2) is 42.9 Å². The van der Waals surface area contributed by atoms with Crippen LogP contribution in [0, 0.1) is 0 Å². The van der Waals surface area contributed by atoms with Gasteiger partial charge in [0.1, 0.15) is 12.0 Å². The predicted molar refractivity (Wildman–Crippen MR) is 95.3 cm³/mol. The number of aromatic amines is 1. The molecule has 1 atom stereocenters. The molecule has 1 saturated heterocycles. The Kier molecular flexibility index (Phi) is 4.19. The fourth-order valence-corrected chi connectivity index (χ4v) is 3.51. The quantitative estimate of drug-likeness (QED) is 0.795. The van der Waals surface area contributed by atoms with Crippen LogP contribution < -0.4 is 0 Å². The molecule has 6 heteroatoms. The van der Waals surface area contributed by atoms with Crippen LogP contribution in [-0.4, -0.2) is 52.1 Å². The van der Waals surface area contributed by atoms with E-state index >= 15 is 0 Å². The van der Waals surface area contributed by atoms with Gasteiger partial charge in [0.25, 0.3) is 5.91 Å². The van der Waals surface area contributed by atoms with Crippen molar-refractivity contribution < 1.29 is 9.53 Å². The van der Waals surface area contributed by atoms with Crippen molar-refractivity contribution in [2.45, 2.75) is 18.9 Å². The number of nitrogens with zero attached hydrogens (tertiary/aromatic N) is 3. The second-order valence-corrected chi connectivity index (χ2v) is 6.29. The molecule has 2 aromatic heterocycles. The number of likely N-dealkylation sites (tertiary alicyclic amines) is 1. The van der Waals surface area contributed by atoms with Gasteiger partial charge in [0, 0.05) is 36.4 Å². The predicted octanol–water partition coefficient (Wildman–Crippen LogP) is 2.88. The Bertz CT molecular complexity index is 888. The highest BCUT2D eigenvalue weighted by atomic mass is 16.5. The first-order valence-electron chi connectivity index (χ1n) is 8.46. The summed E-state index contributed by atoms with van der Waals surface area (Å²) in [6.07, 6.45) is 5.44. The van der Waals surface area contributed by atoms with E-state index in [0.717, 1.165) is 41.7 Å². The molecule has 1 amide bonds. The SMILES string of the molecule is COC[C@@H]1CCCN1C(=O)c1ccc(-c2ncnc3[nH]ccc23)cc1. The molecule has 3 aromatic rings. The first-order valence-corrected chi connectivity index (χ1v) is 8.46. The van der Waals surface area contributed by atoms with E-state index in [-0.39, 0.29) is 11.9 Å². The van der Waals surface area contributed by atoms with E-state index < -0.39 is 0 Å². The molecule has 0 unspecified atom stereocenters. The summed E-state index contributed by atoms with van der Waals surface area (Å²) in [4.78, 5) is 26.4. The number of hydrogen-bond acceptors (Lipinski definition) is 4. The highest BCUT2D eigenvalue weighted by Crippen LogP contribution is 2.26. The number of amides is 1. The number of hydrogen-bond donors (Lipinski definition) is 1. The Balaban J connectivity index is 1.60. The van der Waals surface area contributed by atoms with E-state index in [2.05, 4.69) is 15.0 Å². The number of aromatic nitrogens is 3. The number of benzene rings is 1. The fourth-order valence-electron chi connectivity index (χ4n) is 3.51. The number of carbonyl (C=O) groups is 1. The molecule has 0 radical (unpaired) electrons. The monoisotopic (exact) mass is 336 g/mol. The molecule has 1 fully saturated rings. The number of rotatable bonds is 4. The van der Waals surface area contributed by atoms with Crippen molar-refractivity contribution in [2.75, 3.05) is 20.3 Å². The molecule has 25 heavy (non-hydrogen) atoms. The zero-order valence-electron chi connectivity index (χ0n) is 14.1. The Morgan fingerprint density at radius 2 is 2.12 bits per heavy atom. The maximum absolute atomic E-state index is 12.8. The summed E-state index contributed by atoms with van der Waals surface area (Å²) in [5.41, 5.74) is 3.35. The van der Waals surface area contributed by atoms with Gasteiger partial charge in [-0.1, -0.05) is 12.1 Å². The smallest absolute Gasteiger partial charge is 0.254 e. The fraction of sp³-hybridized carbons (Fsp3) is 0.316. The van der Waals surface area contributed by atoms with E-state index in [0.29, 0.717) is 12.2 Å². The summed E-state index contributed by atoms with van der Waals surface area (Å²) in [6, 6.07) is 9.79. The van der Waals surface area contributed by atoms with Crippen LogP contribution in [0.1, 0.15) is 23.2 Å². The highest BCUT2D eigenvalue weighted by Gasteiger charge is 2.29. The number of H-pyrrole nitrogens is 1. The second-order valence-electron chi connectivity index (χ2n) is 6.29. The summed E-state index contributed by atoms with van der Waals surface area (Å²) < 4.78 is 5.24.